The molecule has 1 saturated heterocycles. The predicted octanol–water partition coefficient (Wildman–Crippen LogP) is 4.49. The summed E-state index contributed by atoms with van der Waals surface area (Å²) in [5, 5.41) is 14.1. The third kappa shape index (κ3) is 7.22. The molecule has 0 bridgehead atoms. The quantitative estimate of drug-likeness (QED) is 0.404. The smallest absolute Gasteiger partial charge is 0.338 e. The highest BCUT2D eigenvalue weighted by Gasteiger charge is 2.44. The molecule has 3 aliphatic rings. The number of benzene rings is 1. The number of aliphatic carboxylic acids is 1. The number of amidine groups is 1. The molecule has 3 heterocycles. The average molecular weight is 594 g/mol. The third-order valence-corrected chi connectivity index (χ3v) is 8.06. The van der Waals surface area contributed by atoms with Gasteiger partial charge >= 0.3 is 11.9 Å². The van der Waals surface area contributed by atoms with Crippen molar-refractivity contribution in [3.05, 3.63) is 69.4 Å². The molecule has 3 unspecified atom stereocenters. The van der Waals surface area contributed by atoms with Crippen LogP contribution in [-0.2, 0) is 24.6 Å². The minimum absolute atomic E-state index is 0.0549. The summed E-state index contributed by atoms with van der Waals surface area (Å²) < 4.78 is 54.3. The summed E-state index contributed by atoms with van der Waals surface area (Å²) in [6, 6.07) is 5.67. The van der Waals surface area contributed by atoms with Gasteiger partial charge in [0.05, 0.1) is 17.1 Å². The van der Waals surface area contributed by atoms with E-state index in [1.165, 1.54) is 28.8 Å². The van der Waals surface area contributed by atoms with Crippen LogP contribution in [0, 0.1) is 11.7 Å². The summed E-state index contributed by atoms with van der Waals surface area (Å²) in [4.78, 5) is 31.6. The predicted molar refractivity (Wildman–Crippen MR) is 150 cm³/mol. The van der Waals surface area contributed by atoms with Gasteiger partial charge in [0.2, 0.25) is 0 Å². The van der Waals surface area contributed by atoms with Crippen molar-refractivity contribution in [3.8, 4) is 0 Å². The molecule has 8 nitrogen and oxygen atoms in total. The molecule has 3 aliphatic heterocycles. The van der Waals surface area contributed by atoms with Crippen molar-refractivity contribution in [3.63, 3.8) is 0 Å². The van der Waals surface area contributed by atoms with E-state index in [1.807, 2.05) is 11.5 Å². The summed E-state index contributed by atoms with van der Waals surface area (Å²) in [7, 11) is 0. The third-order valence-electron chi connectivity index (χ3n) is 7.15. The molecule has 0 amide bonds. The molecule has 12 heteroatoms. The van der Waals surface area contributed by atoms with Crippen LogP contribution in [0.4, 0.5) is 13.2 Å². The van der Waals surface area contributed by atoms with E-state index in [0.29, 0.717) is 23.0 Å². The normalized spacial score (nSPS) is 28.8. The van der Waals surface area contributed by atoms with E-state index in [0.717, 1.165) is 11.3 Å². The Bertz CT molecular complexity index is 1260. The fourth-order valence-corrected chi connectivity index (χ4v) is 5.99. The molecule has 0 spiro atoms. The highest BCUT2D eigenvalue weighted by Crippen LogP contribution is 2.40. The second-order valence-electron chi connectivity index (χ2n) is 10.4. The van der Waals surface area contributed by atoms with Crippen molar-refractivity contribution >= 4 is 29.5 Å². The second-order valence-corrected chi connectivity index (χ2v) is 11.3. The van der Waals surface area contributed by atoms with Crippen LogP contribution in [0.1, 0.15) is 32.8 Å². The number of piperidine rings is 1. The van der Waals surface area contributed by atoms with Gasteiger partial charge in [-0.1, -0.05) is 43.0 Å². The van der Waals surface area contributed by atoms with Gasteiger partial charge in [-0.05, 0) is 49.3 Å². The van der Waals surface area contributed by atoms with Gasteiger partial charge in [0.15, 0.2) is 0 Å². The van der Waals surface area contributed by atoms with E-state index < -0.39 is 48.3 Å². The number of halogens is 3. The zero-order chi connectivity index (χ0) is 29.7. The van der Waals surface area contributed by atoms with Gasteiger partial charge in [-0.3, -0.25) is 9.89 Å². The van der Waals surface area contributed by atoms with Crippen molar-refractivity contribution in [2.24, 2.45) is 10.9 Å². The van der Waals surface area contributed by atoms with Crippen LogP contribution in [0.25, 0.3) is 0 Å². The van der Waals surface area contributed by atoms with Crippen LogP contribution in [0.2, 0.25) is 0 Å². The number of aliphatic imine (C=N–C) groups is 1. The number of carboxylic acid groups (broad SMARTS) is 1. The Kier molecular flexibility index (Phi) is 9.98. The van der Waals surface area contributed by atoms with E-state index in [1.54, 1.807) is 26.0 Å². The number of allylic oxidation sites excluding steroid dienone is 2. The van der Waals surface area contributed by atoms with Crippen molar-refractivity contribution in [2.45, 2.75) is 51.2 Å². The highest BCUT2D eigenvalue weighted by atomic mass is 32.2. The van der Waals surface area contributed by atoms with Crippen LogP contribution < -0.4 is 5.32 Å². The first-order valence-electron chi connectivity index (χ1n) is 13.4. The fourth-order valence-electron chi connectivity index (χ4n) is 5.10. The number of ether oxygens (including phenoxy) is 2. The van der Waals surface area contributed by atoms with E-state index in [-0.39, 0.29) is 31.8 Å². The number of alkyl halides is 2. The summed E-state index contributed by atoms with van der Waals surface area (Å²) in [5.74, 6) is -1.64. The number of carboxylic acids is 1. The highest BCUT2D eigenvalue weighted by molar-refractivity contribution is 8.06. The van der Waals surface area contributed by atoms with Gasteiger partial charge in [0, 0.05) is 25.3 Å². The van der Waals surface area contributed by atoms with Crippen LogP contribution in [0.5, 0.6) is 0 Å². The minimum Gasteiger partial charge on any atom is -0.480 e. The summed E-state index contributed by atoms with van der Waals surface area (Å²) in [5.41, 5.74) is -0.277. The van der Waals surface area contributed by atoms with E-state index in [4.69, 9.17) is 19.6 Å². The Labute approximate surface area is 241 Å². The molecular weight excluding hydrogens is 559 g/mol. The monoisotopic (exact) mass is 593 g/mol. The summed E-state index contributed by atoms with van der Waals surface area (Å²) in [6.07, 6.45) is -0.221. The number of nitrogens with one attached hydrogen (secondary N) is 1. The first-order valence-corrected chi connectivity index (χ1v) is 14.3. The maximum Gasteiger partial charge on any atom is 0.338 e. The Morgan fingerprint density at radius 3 is 2.54 bits per heavy atom. The Morgan fingerprint density at radius 1 is 1.22 bits per heavy atom. The molecule has 0 aromatic heterocycles. The van der Waals surface area contributed by atoms with E-state index in [9.17, 15) is 14.0 Å². The van der Waals surface area contributed by atoms with E-state index in [2.05, 4.69) is 18.3 Å². The van der Waals surface area contributed by atoms with Gasteiger partial charge in [0.25, 0.3) is 0 Å². The molecular formula is C29H34F3N3O5S. The van der Waals surface area contributed by atoms with Crippen LogP contribution in [0.15, 0.2) is 63.0 Å². The fraction of sp³-hybridized carbons (Fsp3) is 0.483. The van der Waals surface area contributed by atoms with Crippen LogP contribution in [0.3, 0.4) is 0 Å². The molecule has 0 radical (unpaired) electrons. The lowest BCUT2D eigenvalue weighted by Crippen LogP contribution is -2.55. The maximum absolute atomic E-state index is 15.0. The second kappa shape index (κ2) is 13.3. The Morgan fingerprint density at radius 2 is 1.90 bits per heavy atom. The van der Waals surface area contributed by atoms with Crippen LogP contribution >= 0.6 is 11.8 Å². The van der Waals surface area contributed by atoms with Crippen LogP contribution in [-0.4, -0.2) is 79.1 Å². The first-order chi connectivity index (χ1) is 19.5. The van der Waals surface area contributed by atoms with Crippen molar-refractivity contribution in [2.75, 3.05) is 32.8 Å². The number of hydrogen-bond acceptors (Lipinski definition) is 8. The minimum atomic E-state index is -1.79. The number of hydrogen-bond donors (Lipinski definition) is 2. The number of thioether (sulfide) groups is 1. The average Bonchev–Trinajstić information content (AvgIpc) is 3.12. The SMILES string of the molecule is CCOC(=O)C1=C(CN2CC(F)C(OCC(=O)O)C(F)C2)NC(C2=CCC(C)C=CS2)=N[C@@]1(C)c1ccc(F)cc1. The molecule has 0 aliphatic carbocycles. The zero-order valence-electron chi connectivity index (χ0n) is 23.1. The Hall–Kier alpha value is -3.09. The molecule has 0 saturated carbocycles. The molecule has 1 aromatic rings. The first kappa shape index (κ1) is 30.9. The number of rotatable bonds is 9. The lowest BCUT2D eigenvalue weighted by molar-refractivity contribution is -0.151. The van der Waals surface area contributed by atoms with Gasteiger partial charge in [0.1, 0.15) is 42.2 Å². The molecule has 2 N–H and O–H groups in total. The van der Waals surface area contributed by atoms with Crippen molar-refractivity contribution < 1.29 is 37.3 Å². The summed E-state index contributed by atoms with van der Waals surface area (Å²) >= 11 is 1.46. The number of esters is 1. The van der Waals surface area contributed by atoms with Gasteiger partial charge in [-0.25, -0.2) is 22.8 Å². The lowest BCUT2D eigenvalue weighted by Gasteiger charge is -2.40. The lowest BCUT2D eigenvalue weighted by atomic mass is 9.82. The van der Waals surface area contributed by atoms with Gasteiger partial charge < -0.3 is 19.9 Å². The maximum atomic E-state index is 15.0. The standard InChI is InChI=1S/C29H34F3N3O5S/c1-4-39-28(38)25-22(15-35-13-20(31)26(21(32)14-35)40-16-24(36)37)33-27(23-10-5-17(2)11-12-41-23)34-29(25,3)18-6-8-19(30)9-7-18/h6-12,17,20-21,26H,4-5,13-16H2,1-3H3,(H,33,34)(H,36,37)/t17?,20?,21?,26?,29-/m0/s1. The summed E-state index contributed by atoms with van der Waals surface area (Å²) in [6.45, 7) is 4.22. The zero-order valence-corrected chi connectivity index (χ0v) is 23.9. The Balaban J connectivity index is 1.75. The van der Waals surface area contributed by atoms with Crippen molar-refractivity contribution in [1.29, 1.82) is 0 Å². The van der Waals surface area contributed by atoms with E-state index >= 15 is 8.78 Å². The number of likely N-dealkylation sites (tertiary alicyclic amines) is 1. The van der Waals surface area contributed by atoms with Gasteiger partial charge in [-0.15, -0.1) is 0 Å². The molecule has 1 fully saturated rings. The van der Waals surface area contributed by atoms with Gasteiger partial charge in [-0.2, -0.15) is 0 Å². The van der Waals surface area contributed by atoms with Crippen molar-refractivity contribution in [1.82, 2.24) is 10.2 Å². The molecule has 4 atom stereocenters. The molecule has 4 rings (SSSR count). The number of carbonyl (C=O) groups excluding carboxylic acids is 1. The number of nitrogens with zero attached hydrogens (tertiary/aromatic N) is 2. The number of carbonyl (C=O) groups is 2. The largest absolute Gasteiger partial charge is 0.480 e. The topological polar surface area (TPSA) is 100 Å². The molecule has 41 heavy (non-hydrogen) atoms. The molecule has 222 valence electrons. The molecule has 1 aromatic carbocycles.